The lowest BCUT2D eigenvalue weighted by Crippen LogP contribution is -2.03. The van der Waals surface area contributed by atoms with Gasteiger partial charge >= 0.3 is 0 Å². The van der Waals surface area contributed by atoms with Crippen LogP contribution in [0.25, 0.3) is 0 Å². The van der Waals surface area contributed by atoms with Crippen LogP contribution in [-0.2, 0) is 20.1 Å². The third-order valence-electron chi connectivity index (χ3n) is 2.84. The van der Waals surface area contributed by atoms with Crippen LogP contribution < -0.4 is 4.74 Å². The first-order valence-electron chi connectivity index (χ1n) is 5.88. The molecule has 0 radical (unpaired) electrons. The van der Waals surface area contributed by atoms with Crippen LogP contribution >= 0.6 is 11.6 Å². The fourth-order valence-electron chi connectivity index (χ4n) is 1.78. The Kier molecular flexibility index (Phi) is 4.08. The van der Waals surface area contributed by atoms with E-state index in [-0.39, 0.29) is 0 Å². The average Bonchev–Trinajstić information content (AvgIpc) is 2.64. The Bertz CT molecular complexity index is 611. The quantitative estimate of drug-likeness (QED) is 0.862. The van der Waals surface area contributed by atoms with Gasteiger partial charge in [-0.3, -0.25) is 4.68 Å². The van der Waals surface area contributed by atoms with Crippen LogP contribution in [0.3, 0.4) is 0 Å². The van der Waals surface area contributed by atoms with Gasteiger partial charge in [-0.25, -0.2) is 0 Å². The van der Waals surface area contributed by atoms with Gasteiger partial charge in [-0.05, 0) is 24.6 Å². The fraction of sp³-hybridized carbons (Fsp3) is 0.286. The topological polar surface area (TPSA) is 50.8 Å². The number of hydrogen-bond acceptors (Lipinski definition) is 3. The Morgan fingerprint density at radius 3 is 2.58 bits per heavy atom. The zero-order chi connectivity index (χ0) is 13.8. The lowest BCUT2D eigenvalue weighted by molar-refractivity contribution is 0.295. The largest absolute Gasteiger partial charge is 0.487 e. The summed E-state index contributed by atoms with van der Waals surface area (Å²) in [4.78, 5) is 0. The third kappa shape index (κ3) is 3.07. The van der Waals surface area contributed by atoms with Crippen molar-refractivity contribution in [3.63, 3.8) is 0 Å². The van der Waals surface area contributed by atoms with Crippen molar-refractivity contribution >= 4 is 11.6 Å². The standard InChI is InChI=1S/C14H14ClN3O/c1-10-14(15)13(18(2)17-10)9-19-12-5-3-11(4-6-12)7-8-16/h3-6H,7,9H2,1-2H3. The van der Waals surface area contributed by atoms with E-state index in [1.807, 2.05) is 38.2 Å². The second kappa shape index (κ2) is 5.77. The molecule has 0 aliphatic heterocycles. The molecule has 2 rings (SSSR count). The summed E-state index contributed by atoms with van der Waals surface area (Å²) in [6.45, 7) is 2.23. The zero-order valence-corrected chi connectivity index (χ0v) is 11.6. The van der Waals surface area contributed by atoms with Gasteiger partial charge in [0.05, 0.1) is 28.9 Å². The van der Waals surface area contributed by atoms with Crippen LogP contribution in [0.4, 0.5) is 0 Å². The summed E-state index contributed by atoms with van der Waals surface area (Å²) in [7, 11) is 1.84. The number of hydrogen-bond donors (Lipinski definition) is 0. The van der Waals surface area contributed by atoms with Crippen molar-refractivity contribution in [1.82, 2.24) is 9.78 Å². The van der Waals surface area contributed by atoms with Crippen LogP contribution in [0.5, 0.6) is 5.75 Å². The number of aromatic nitrogens is 2. The van der Waals surface area contributed by atoms with Gasteiger partial charge < -0.3 is 4.74 Å². The molecule has 98 valence electrons. The molecule has 1 heterocycles. The Hall–Kier alpha value is -1.99. The van der Waals surface area contributed by atoms with Gasteiger partial charge in [-0.2, -0.15) is 10.4 Å². The van der Waals surface area contributed by atoms with E-state index < -0.39 is 0 Å². The molecule has 5 heteroatoms. The summed E-state index contributed by atoms with van der Waals surface area (Å²) >= 11 is 6.15. The molecule has 0 unspecified atom stereocenters. The summed E-state index contributed by atoms with van der Waals surface area (Å²) in [5.74, 6) is 0.747. The predicted octanol–water partition coefficient (Wildman–Crippen LogP) is 3.03. The van der Waals surface area contributed by atoms with E-state index in [0.717, 1.165) is 22.7 Å². The van der Waals surface area contributed by atoms with E-state index in [2.05, 4.69) is 11.2 Å². The molecular formula is C14H14ClN3O. The van der Waals surface area contributed by atoms with Gasteiger partial charge in [0.2, 0.25) is 0 Å². The first kappa shape index (κ1) is 13.4. The molecule has 0 saturated carbocycles. The maximum Gasteiger partial charge on any atom is 0.131 e. The van der Waals surface area contributed by atoms with E-state index in [1.165, 1.54) is 0 Å². The van der Waals surface area contributed by atoms with Crippen molar-refractivity contribution in [2.45, 2.75) is 20.0 Å². The van der Waals surface area contributed by atoms with Gasteiger partial charge in [-0.15, -0.1) is 0 Å². The molecule has 4 nitrogen and oxygen atoms in total. The van der Waals surface area contributed by atoms with Gasteiger partial charge in [0, 0.05) is 7.05 Å². The minimum Gasteiger partial charge on any atom is -0.487 e. The van der Waals surface area contributed by atoms with Gasteiger partial charge in [0.25, 0.3) is 0 Å². The van der Waals surface area contributed by atoms with E-state index >= 15 is 0 Å². The second-order valence-electron chi connectivity index (χ2n) is 4.24. The van der Waals surface area contributed by atoms with Gasteiger partial charge in [-0.1, -0.05) is 23.7 Å². The van der Waals surface area contributed by atoms with Crippen molar-refractivity contribution in [3.05, 3.63) is 46.2 Å². The zero-order valence-electron chi connectivity index (χ0n) is 10.9. The number of nitriles is 1. The molecule has 0 N–H and O–H groups in total. The van der Waals surface area contributed by atoms with Crippen LogP contribution in [0.1, 0.15) is 17.0 Å². The molecule has 0 amide bonds. The highest BCUT2D eigenvalue weighted by Gasteiger charge is 2.11. The summed E-state index contributed by atoms with van der Waals surface area (Å²) in [5, 5.41) is 13.5. The number of nitrogens with zero attached hydrogens (tertiary/aromatic N) is 3. The number of aryl methyl sites for hydroxylation is 2. The number of benzene rings is 1. The van der Waals surface area contributed by atoms with Crippen molar-refractivity contribution in [2.24, 2.45) is 7.05 Å². The molecule has 0 spiro atoms. The Morgan fingerprint density at radius 1 is 1.37 bits per heavy atom. The average molecular weight is 276 g/mol. The molecule has 0 saturated heterocycles. The van der Waals surface area contributed by atoms with Crippen LogP contribution in [0, 0.1) is 18.3 Å². The lowest BCUT2D eigenvalue weighted by atomic mass is 10.2. The maximum absolute atomic E-state index is 8.60. The monoisotopic (exact) mass is 275 g/mol. The Balaban J connectivity index is 2.04. The fourth-order valence-corrected chi connectivity index (χ4v) is 2.00. The molecule has 0 aliphatic rings. The molecule has 0 fully saturated rings. The normalized spacial score (nSPS) is 10.2. The summed E-state index contributed by atoms with van der Waals surface area (Å²) < 4.78 is 7.40. The minimum absolute atomic E-state index is 0.369. The summed E-state index contributed by atoms with van der Waals surface area (Å²) in [6, 6.07) is 9.58. The van der Waals surface area contributed by atoms with Crippen molar-refractivity contribution in [1.29, 1.82) is 5.26 Å². The highest BCUT2D eigenvalue weighted by molar-refractivity contribution is 6.31. The number of ether oxygens (including phenoxy) is 1. The van der Waals surface area contributed by atoms with Crippen LogP contribution in [0.15, 0.2) is 24.3 Å². The molecule has 1 aromatic heterocycles. The van der Waals surface area contributed by atoms with Gasteiger partial charge in [0.1, 0.15) is 12.4 Å². The second-order valence-corrected chi connectivity index (χ2v) is 4.62. The molecule has 19 heavy (non-hydrogen) atoms. The minimum atomic E-state index is 0.369. The first-order valence-corrected chi connectivity index (χ1v) is 6.26. The molecule has 0 aliphatic carbocycles. The molecule has 2 aromatic rings. The summed E-state index contributed by atoms with van der Waals surface area (Å²) in [5.41, 5.74) is 2.62. The van der Waals surface area contributed by atoms with E-state index in [1.54, 1.807) is 4.68 Å². The predicted molar refractivity (Wildman–Crippen MR) is 73.0 cm³/mol. The van der Waals surface area contributed by atoms with Crippen molar-refractivity contribution in [3.8, 4) is 11.8 Å². The number of rotatable bonds is 4. The van der Waals surface area contributed by atoms with E-state index in [9.17, 15) is 0 Å². The van der Waals surface area contributed by atoms with Crippen molar-refractivity contribution < 1.29 is 4.74 Å². The van der Waals surface area contributed by atoms with Gasteiger partial charge in [0.15, 0.2) is 0 Å². The Morgan fingerprint density at radius 2 is 2.05 bits per heavy atom. The first-order chi connectivity index (χ1) is 9.11. The van der Waals surface area contributed by atoms with Crippen LogP contribution in [0.2, 0.25) is 5.02 Å². The Labute approximate surface area is 117 Å². The van der Waals surface area contributed by atoms with E-state index in [4.69, 9.17) is 21.6 Å². The molecular weight excluding hydrogens is 262 g/mol. The van der Waals surface area contributed by atoms with Crippen molar-refractivity contribution in [2.75, 3.05) is 0 Å². The smallest absolute Gasteiger partial charge is 0.131 e. The highest BCUT2D eigenvalue weighted by atomic mass is 35.5. The molecule has 0 atom stereocenters. The van der Waals surface area contributed by atoms with Crippen LogP contribution in [-0.4, -0.2) is 9.78 Å². The number of halogens is 1. The third-order valence-corrected chi connectivity index (χ3v) is 3.34. The molecule has 0 bridgehead atoms. The molecule has 1 aromatic carbocycles. The lowest BCUT2D eigenvalue weighted by Gasteiger charge is -2.07. The maximum atomic E-state index is 8.60. The highest BCUT2D eigenvalue weighted by Crippen LogP contribution is 2.21. The van der Waals surface area contributed by atoms with E-state index in [0.29, 0.717) is 18.1 Å². The summed E-state index contributed by atoms with van der Waals surface area (Å²) in [6.07, 6.45) is 0.410. The SMILES string of the molecule is Cc1nn(C)c(COc2ccc(CC#N)cc2)c1Cl.